The minimum absolute atomic E-state index is 0.633. The number of nitrogens with one attached hydrogen (secondary N) is 3. The molecule has 74 valence electrons. The van der Waals surface area contributed by atoms with Gasteiger partial charge >= 0.3 is 0 Å². The van der Waals surface area contributed by atoms with Crippen LogP contribution in [0.3, 0.4) is 0 Å². The van der Waals surface area contributed by atoms with Gasteiger partial charge in [-0.05, 0) is 13.5 Å². The molecule has 0 spiro atoms. The smallest absolute Gasteiger partial charge is 0.268 e. The van der Waals surface area contributed by atoms with Gasteiger partial charge in [0.15, 0.2) is 0 Å². The Morgan fingerprint density at radius 3 is 2.92 bits per heavy atom. The number of hydrogen-bond donors (Lipinski definition) is 3. The predicted octanol–water partition coefficient (Wildman–Crippen LogP) is 0.0430. The molecule has 5 nitrogen and oxygen atoms in total. The Bertz CT molecular complexity index is 227. The van der Waals surface area contributed by atoms with Gasteiger partial charge in [-0.2, -0.15) is 0 Å². The molecule has 1 atom stereocenters. The Morgan fingerprint density at radius 2 is 2.31 bits per heavy atom. The predicted molar refractivity (Wildman–Crippen MR) is 55.0 cm³/mol. The quantitative estimate of drug-likeness (QED) is 0.449. The summed E-state index contributed by atoms with van der Waals surface area (Å²) in [6, 6.07) is 0. The zero-order valence-corrected chi connectivity index (χ0v) is 8.52. The molecule has 1 rings (SSSR count). The van der Waals surface area contributed by atoms with Crippen molar-refractivity contribution in [3.63, 3.8) is 0 Å². The van der Waals surface area contributed by atoms with E-state index in [1.165, 1.54) is 6.34 Å². The zero-order valence-electron chi connectivity index (χ0n) is 7.76. The van der Waals surface area contributed by atoms with E-state index in [-0.39, 0.29) is 0 Å². The molecule has 1 unspecified atom stereocenters. The van der Waals surface area contributed by atoms with E-state index >= 15 is 0 Å². The average Bonchev–Trinajstić information content (AvgIpc) is 2.04. The molecule has 0 aromatic rings. The van der Waals surface area contributed by atoms with E-state index in [1.807, 2.05) is 13.8 Å². The molecular weight excluding hydrogens is 190 g/mol. The molecule has 1 aliphatic rings. The molecule has 1 heterocycles. The number of alkyl halides is 1. The largest absolute Gasteiger partial charge is 0.356 e. The van der Waals surface area contributed by atoms with Crippen LogP contribution in [-0.2, 0) is 0 Å². The number of aliphatic imine (C=N–C) groups is 2. The maximum absolute atomic E-state index is 6.06. The topological polar surface area (TPSA) is 60.8 Å². The Hall–Kier alpha value is -0.810. The molecule has 0 saturated heterocycles. The van der Waals surface area contributed by atoms with E-state index in [0.29, 0.717) is 5.96 Å². The fourth-order valence-electron chi connectivity index (χ4n) is 0.969. The van der Waals surface area contributed by atoms with Crippen molar-refractivity contribution in [3.05, 3.63) is 0 Å². The summed E-state index contributed by atoms with van der Waals surface area (Å²) >= 11 is 6.06. The van der Waals surface area contributed by atoms with Crippen molar-refractivity contribution >= 4 is 23.9 Å². The van der Waals surface area contributed by atoms with Gasteiger partial charge in [0, 0.05) is 6.54 Å². The highest BCUT2D eigenvalue weighted by Crippen LogP contribution is 2.09. The average molecular weight is 204 g/mol. The number of halogens is 1. The van der Waals surface area contributed by atoms with Crippen LogP contribution in [0.15, 0.2) is 9.98 Å². The Labute approximate surface area is 82.7 Å². The van der Waals surface area contributed by atoms with Crippen LogP contribution >= 0.6 is 11.6 Å². The summed E-state index contributed by atoms with van der Waals surface area (Å²) < 4.78 is 0. The Kier molecular flexibility index (Phi) is 3.50. The maximum Gasteiger partial charge on any atom is 0.268 e. The normalized spacial score (nSPS) is 26.5. The van der Waals surface area contributed by atoms with Crippen LogP contribution in [-0.4, -0.2) is 30.6 Å². The molecule has 6 heteroatoms. The molecule has 3 N–H and O–H groups in total. The van der Waals surface area contributed by atoms with Crippen LogP contribution in [0.2, 0.25) is 0 Å². The van der Waals surface area contributed by atoms with Gasteiger partial charge in [-0.25, -0.2) is 9.98 Å². The summed E-state index contributed by atoms with van der Waals surface area (Å²) in [5, 5.41) is 7.98. The van der Waals surface area contributed by atoms with Crippen molar-refractivity contribution in [1.29, 1.82) is 0 Å². The van der Waals surface area contributed by atoms with Crippen molar-refractivity contribution in [2.75, 3.05) is 13.1 Å². The molecule has 0 saturated carbocycles. The first-order chi connectivity index (χ1) is 6.20. The minimum atomic E-state index is -0.950. The van der Waals surface area contributed by atoms with E-state index in [0.717, 1.165) is 13.1 Å². The molecule has 0 amide bonds. The molecule has 0 aromatic heterocycles. The second-order valence-corrected chi connectivity index (χ2v) is 3.08. The monoisotopic (exact) mass is 203 g/mol. The first kappa shape index (κ1) is 10.3. The molecule has 0 aliphatic carbocycles. The lowest BCUT2D eigenvalue weighted by atomic mass is 10.6. The van der Waals surface area contributed by atoms with Crippen LogP contribution in [0.1, 0.15) is 13.8 Å². The van der Waals surface area contributed by atoms with E-state index in [2.05, 4.69) is 25.9 Å². The van der Waals surface area contributed by atoms with E-state index in [1.54, 1.807) is 0 Å². The second-order valence-electron chi connectivity index (χ2n) is 2.53. The van der Waals surface area contributed by atoms with Crippen molar-refractivity contribution < 1.29 is 0 Å². The third-order valence-corrected chi connectivity index (χ3v) is 1.79. The fourth-order valence-corrected chi connectivity index (χ4v) is 1.24. The van der Waals surface area contributed by atoms with E-state index < -0.39 is 5.25 Å². The SMILES string of the molecule is CCNC1=NC=NC(Cl)(NCC)N1. The third kappa shape index (κ3) is 2.86. The van der Waals surface area contributed by atoms with Gasteiger partial charge in [0.2, 0.25) is 5.96 Å². The summed E-state index contributed by atoms with van der Waals surface area (Å²) in [5.41, 5.74) is 0. The first-order valence-corrected chi connectivity index (χ1v) is 4.65. The van der Waals surface area contributed by atoms with Gasteiger partial charge in [-0.1, -0.05) is 18.5 Å². The van der Waals surface area contributed by atoms with Crippen LogP contribution in [0.5, 0.6) is 0 Å². The summed E-state index contributed by atoms with van der Waals surface area (Å²) in [7, 11) is 0. The van der Waals surface area contributed by atoms with Gasteiger partial charge in [-0.3, -0.25) is 5.32 Å². The molecule has 0 aromatic carbocycles. The molecule has 0 fully saturated rings. The van der Waals surface area contributed by atoms with Crippen LogP contribution < -0.4 is 16.0 Å². The van der Waals surface area contributed by atoms with Gasteiger partial charge in [0.1, 0.15) is 6.34 Å². The molecule has 13 heavy (non-hydrogen) atoms. The molecule has 1 aliphatic heterocycles. The van der Waals surface area contributed by atoms with Gasteiger partial charge in [0.25, 0.3) is 5.25 Å². The number of guanidine groups is 1. The van der Waals surface area contributed by atoms with Crippen molar-refractivity contribution in [2.45, 2.75) is 19.1 Å². The Balaban J connectivity index is 2.57. The minimum Gasteiger partial charge on any atom is -0.356 e. The summed E-state index contributed by atoms with van der Waals surface area (Å²) in [6.07, 6.45) is 1.43. The lowest BCUT2D eigenvalue weighted by Gasteiger charge is -2.28. The fraction of sp³-hybridized carbons (Fsp3) is 0.714. The van der Waals surface area contributed by atoms with Gasteiger partial charge < -0.3 is 10.6 Å². The van der Waals surface area contributed by atoms with Crippen molar-refractivity contribution in [3.8, 4) is 0 Å². The van der Waals surface area contributed by atoms with Crippen LogP contribution in [0.25, 0.3) is 0 Å². The lowest BCUT2D eigenvalue weighted by Crippen LogP contribution is -2.58. The molecular formula is C7H14ClN5. The van der Waals surface area contributed by atoms with Crippen LogP contribution in [0, 0.1) is 0 Å². The number of nitrogens with zero attached hydrogens (tertiary/aromatic N) is 2. The molecule has 0 bridgehead atoms. The Morgan fingerprint density at radius 1 is 1.54 bits per heavy atom. The highest BCUT2D eigenvalue weighted by molar-refractivity contribution is 6.25. The second kappa shape index (κ2) is 4.43. The highest BCUT2D eigenvalue weighted by Gasteiger charge is 2.27. The standard InChI is InChI=1S/C7H14ClN5/c1-3-9-6-10-5-12-7(8,13-6)11-4-2/h5,11H,3-4H2,1-2H3,(H2,9,10,12,13). The maximum atomic E-state index is 6.06. The highest BCUT2D eigenvalue weighted by atomic mass is 35.5. The van der Waals surface area contributed by atoms with Gasteiger partial charge in [-0.15, -0.1) is 0 Å². The first-order valence-electron chi connectivity index (χ1n) is 4.27. The zero-order chi connectivity index (χ0) is 9.73. The van der Waals surface area contributed by atoms with Gasteiger partial charge in [0.05, 0.1) is 0 Å². The summed E-state index contributed by atoms with van der Waals surface area (Å²) in [6.45, 7) is 5.46. The van der Waals surface area contributed by atoms with Crippen molar-refractivity contribution in [1.82, 2.24) is 16.0 Å². The van der Waals surface area contributed by atoms with Crippen LogP contribution in [0.4, 0.5) is 0 Å². The van der Waals surface area contributed by atoms with E-state index in [4.69, 9.17) is 11.6 Å². The molecule has 0 radical (unpaired) electrons. The third-order valence-electron chi connectivity index (χ3n) is 1.46. The summed E-state index contributed by atoms with van der Waals surface area (Å²) in [4.78, 5) is 7.95. The number of rotatable bonds is 3. The lowest BCUT2D eigenvalue weighted by molar-refractivity contribution is 0.448. The van der Waals surface area contributed by atoms with Crippen molar-refractivity contribution in [2.24, 2.45) is 9.98 Å². The number of hydrogen-bond acceptors (Lipinski definition) is 5. The summed E-state index contributed by atoms with van der Waals surface area (Å²) in [5.74, 6) is 0.633. The van der Waals surface area contributed by atoms with E-state index in [9.17, 15) is 0 Å².